The van der Waals surface area contributed by atoms with Gasteiger partial charge >= 0.3 is 0 Å². The Balaban J connectivity index is 5.28. The summed E-state index contributed by atoms with van der Waals surface area (Å²) in [4.78, 5) is 0. The van der Waals surface area contributed by atoms with Gasteiger partial charge in [0, 0.05) is 19.4 Å². The summed E-state index contributed by atoms with van der Waals surface area (Å²) in [5.41, 5.74) is 0. The number of nitrogens with zero attached hydrogens (tertiary/aromatic N) is 1. The van der Waals surface area contributed by atoms with Gasteiger partial charge in [-0.15, -0.1) is 0 Å². The molecule has 148 valence electrons. The minimum absolute atomic E-state index is 0.0747. The summed E-state index contributed by atoms with van der Waals surface area (Å²) in [6.45, 7) is 14.9. The van der Waals surface area contributed by atoms with Gasteiger partial charge in [0.05, 0.1) is 31.1 Å². The monoisotopic (exact) mass is 393 g/mol. The van der Waals surface area contributed by atoms with Crippen LogP contribution >= 0.6 is 0 Å². The standard InChI is InChI=1S/C17H35NO5SSi/c1-13(10-11-18)16(23-24(7,19)20)14(2)15(21-6)12-22-25(8,9)17(3,4)5/h13-16H,10,12H2,1-9H3/t13-,14+,15+,16+/m1/s1. The van der Waals surface area contributed by atoms with Crippen LogP contribution < -0.4 is 0 Å². The maximum Gasteiger partial charge on any atom is 0.264 e. The molecule has 0 aliphatic heterocycles. The summed E-state index contributed by atoms with van der Waals surface area (Å²) in [6, 6.07) is 2.08. The van der Waals surface area contributed by atoms with Crippen molar-refractivity contribution in [2.24, 2.45) is 11.8 Å². The summed E-state index contributed by atoms with van der Waals surface area (Å²) in [7, 11) is -4.00. The maximum atomic E-state index is 11.6. The second kappa shape index (κ2) is 9.47. The van der Waals surface area contributed by atoms with Crippen molar-refractivity contribution in [3.05, 3.63) is 0 Å². The van der Waals surface area contributed by atoms with E-state index in [9.17, 15) is 8.42 Å². The molecule has 4 atom stereocenters. The molecule has 6 nitrogen and oxygen atoms in total. The molecule has 0 saturated carbocycles. The molecule has 0 aromatic rings. The van der Waals surface area contributed by atoms with E-state index >= 15 is 0 Å². The van der Waals surface area contributed by atoms with Gasteiger partial charge in [-0.05, 0) is 24.1 Å². The summed E-state index contributed by atoms with van der Waals surface area (Å²) < 4.78 is 40.4. The molecule has 0 amide bonds. The topological polar surface area (TPSA) is 85.6 Å². The maximum absolute atomic E-state index is 11.6. The molecular formula is C17H35NO5SSi. The van der Waals surface area contributed by atoms with E-state index in [2.05, 4.69) is 39.9 Å². The van der Waals surface area contributed by atoms with Crippen LogP contribution in [0, 0.1) is 23.2 Å². The Morgan fingerprint density at radius 1 is 1.20 bits per heavy atom. The summed E-state index contributed by atoms with van der Waals surface area (Å²) in [5, 5.41) is 9.03. The van der Waals surface area contributed by atoms with Crippen LogP contribution in [0.5, 0.6) is 0 Å². The van der Waals surface area contributed by atoms with Gasteiger partial charge in [-0.1, -0.05) is 34.6 Å². The van der Waals surface area contributed by atoms with E-state index in [4.69, 9.17) is 18.6 Å². The Hall–Kier alpha value is -0.463. The fourth-order valence-corrected chi connectivity index (χ4v) is 4.10. The summed E-state index contributed by atoms with van der Waals surface area (Å²) in [5.74, 6) is -0.479. The second-order valence-corrected chi connectivity index (χ2v) is 14.7. The Morgan fingerprint density at radius 2 is 1.72 bits per heavy atom. The zero-order valence-corrected chi connectivity index (χ0v) is 18.9. The Bertz CT molecular complexity index is 550. The molecule has 0 spiro atoms. The van der Waals surface area contributed by atoms with Crippen LogP contribution in [0.1, 0.15) is 41.0 Å². The Morgan fingerprint density at radius 3 is 2.08 bits per heavy atom. The molecule has 0 bridgehead atoms. The van der Waals surface area contributed by atoms with Crippen molar-refractivity contribution < 1.29 is 21.8 Å². The van der Waals surface area contributed by atoms with Crippen molar-refractivity contribution in [3.63, 3.8) is 0 Å². The van der Waals surface area contributed by atoms with Crippen LogP contribution in [0.4, 0.5) is 0 Å². The Labute approximate surface area is 155 Å². The van der Waals surface area contributed by atoms with Gasteiger partial charge in [-0.3, -0.25) is 4.18 Å². The first-order valence-electron chi connectivity index (χ1n) is 8.58. The van der Waals surface area contributed by atoms with Crippen LogP contribution in [-0.4, -0.2) is 48.9 Å². The third kappa shape index (κ3) is 8.18. The number of hydrogen-bond acceptors (Lipinski definition) is 6. The average Bonchev–Trinajstić information content (AvgIpc) is 2.43. The van der Waals surface area contributed by atoms with Crippen molar-refractivity contribution in [3.8, 4) is 6.07 Å². The molecular weight excluding hydrogens is 358 g/mol. The molecule has 0 saturated heterocycles. The fraction of sp³-hybridized carbons (Fsp3) is 0.941. The van der Waals surface area contributed by atoms with Gasteiger partial charge in [0.15, 0.2) is 8.32 Å². The average molecular weight is 394 g/mol. The number of hydrogen-bond donors (Lipinski definition) is 0. The van der Waals surface area contributed by atoms with Crippen LogP contribution in [0.25, 0.3) is 0 Å². The van der Waals surface area contributed by atoms with Crippen molar-refractivity contribution in [1.29, 1.82) is 5.26 Å². The van der Waals surface area contributed by atoms with Crippen LogP contribution in [0.15, 0.2) is 0 Å². The summed E-state index contributed by atoms with van der Waals surface area (Å²) in [6.07, 6.45) is 0.286. The van der Waals surface area contributed by atoms with Gasteiger partial charge in [0.25, 0.3) is 10.1 Å². The highest BCUT2D eigenvalue weighted by molar-refractivity contribution is 7.86. The molecule has 0 fully saturated rings. The molecule has 0 N–H and O–H groups in total. The first kappa shape index (κ1) is 24.5. The minimum Gasteiger partial charge on any atom is -0.414 e. The highest BCUT2D eigenvalue weighted by Crippen LogP contribution is 2.37. The first-order valence-corrected chi connectivity index (χ1v) is 13.3. The summed E-state index contributed by atoms with van der Waals surface area (Å²) >= 11 is 0. The molecule has 0 rings (SSSR count). The molecule has 8 heteroatoms. The van der Waals surface area contributed by atoms with Gasteiger partial charge in [-0.2, -0.15) is 13.7 Å². The largest absolute Gasteiger partial charge is 0.414 e. The van der Waals surface area contributed by atoms with E-state index in [1.807, 2.05) is 13.8 Å². The smallest absolute Gasteiger partial charge is 0.264 e. The van der Waals surface area contributed by atoms with E-state index in [-0.39, 0.29) is 29.4 Å². The minimum atomic E-state index is -3.64. The van der Waals surface area contributed by atoms with Crippen molar-refractivity contribution in [1.82, 2.24) is 0 Å². The normalized spacial score (nSPS) is 18.2. The Kier molecular flexibility index (Phi) is 9.29. The molecule has 0 aliphatic rings. The molecule has 25 heavy (non-hydrogen) atoms. The lowest BCUT2D eigenvalue weighted by molar-refractivity contribution is -0.0349. The van der Waals surface area contributed by atoms with Gasteiger partial charge in [0.1, 0.15) is 0 Å². The quantitative estimate of drug-likeness (QED) is 0.417. The van der Waals surface area contributed by atoms with Crippen LogP contribution in [0.3, 0.4) is 0 Å². The van der Waals surface area contributed by atoms with E-state index in [0.29, 0.717) is 6.61 Å². The van der Waals surface area contributed by atoms with E-state index in [1.165, 1.54) is 0 Å². The van der Waals surface area contributed by atoms with Crippen LogP contribution in [0.2, 0.25) is 18.1 Å². The number of ether oxygens (including phenoxy) is 1. The third-order valence-corrected chi connectivity index (χ3v) is 10.2. The second-order valence-electron chi connectivity index (χ2n) is 8.31. The van der Waals surface area contributed by atoms with Crippen LogP contribution in [-0.2, 0) is 23.5 Å². The molecule has 0 aromatic carbocycles. The lowest BCUT2D eigenvalue weighted by Crippen LogP contribution is -2.46. The first-order chi connectivity index (χ1) is 11.2. The van der Waals surface area contributed by atoms with Gasteiger partial charge < -0.3 is 9.16 Å². The van der Waals surface area contributed by atoms with Crippen molar-refractivity contribution >= 4 is 18.4 Å². The fourth-order valence-electron chi connectivity index (χ4n) is 2.32. The van der Waals surface area contributed by atoms with Crippen molar-refractivity contribution in [2.75, 3.05) is 20.0 Å². The van der Waals surface area contributed by atoms with Crippen molar-refractivity contribution in [2.45, 2.75) is 71.4 Å². The zero-order chi connectivity index (χ0) is 20.1. The lowest BCUT2D eigenvalue weighted by Gasteiger charge is -2.39. The van der Waals surface area contributed by atoms with E-state index in [1.54, 1.807) is 7.11 Å². The predicted molar refractivity (Wildman–Crippen MR) is 102 cm³/mol. The molecule has 0 unspecified atom stereocenters. The number of rotatable bonds is 10. The number of nitriles is 1. The van der Waals surface area contributed by atoms with E-state index < -0.39 is 24.5 Å². The molecule has 0 aliphatic carbocycles. The highest BCUT2D eigenvalue weighted by Gasteiger charge is 2.39. The highest BCUT2D eigenvalue weighted by atomic mass is 32.2. The molecule has 0 radical (unpaired) electrons. The zero-order valence-electron chi connectivity index (χ0n) is 17.1. The number of methoxy groups -OCH3 is 1. The molecule has 0 heterocycles. The SMILES string of the molecule is CO[C@@H](CO[Si](C)(C)C(C)(C)C)[C@H](C)[C@@H](OS(C)(=O)=O)[C@H](C)CC#N. The third-order valence-electron chi connectivity index (χ3n) is 5.08. The van der Waals surface area contributed by atoms with E-state index in [0.717, 1.165) is 6.26 Å². The lowest BCUT2D eigenvalue weighted by atomic mass is 9.88. The van der Waals surface area contributed by atoms with Gasteiger partial charge in [-0.25, -0.2) is 0 Å². The predicted octanol–water partition coefficient (Wildman–Crippen LogP) is 3.55. The van der Waals surface area contributed by atoms with Gasteiger partial charge in [0.2, 0.25) is 0 Å². The molecule has 0 aromatic heterocycles.